The van der Waals surface area contributed by atoms with Gasteiger partial charge in [-0.3, -0.25) is 0 Å². The third-order valence-corrected chi connectivity index (χ3v) is 12.3. The molecule has 1 atom stereocenters. The van der Waals surface area contributed by atoms with Crippen molar-refractivity contribution in [3.63, 3.8) is 0 Å². The maximum atomic E-state index is 6.49. The van der Waals surface area contributed by atoms with Crippen molar-refractivity contribution < 1.29 is 8.83 Å². The van der Waals surface area contributed by atoms with Gasteiger partial charge in [-0.15, -0.1) is 11.3 Å². The second-order valence-corrected chi connectivity index (χ2v) is 15.6. The van der Waals surface area contributed by atoms with Gasteiger partial charge < -0.3 is 14.2 Å². The Morgan fingerprint density at radius 1 is 0.421 bits per heavy atom. The van der Waals surface area contributed by atoms with E-state index in [2.05, 4.69) is 145 Å². The predicted molar refractivity (Wildman–Crippen MR) is 237 cm³/mol. The largest absolute Gasteiger partial charge is 0.456 e. The highest BCUT2D eigenvalue weighted by molar-refractivity contribution is 7.25. The van der Waals surface area contributed by atoms with Crippen molar-refractivity contribution in [2.75, 3.05) is 0 Å². The molecular formula is C51H31N3O2S. The zero-order valence-electron chi connectivity index (χ0n) is 30.4. The van der Waals surface area contributed by atoms with E-state index in [0.717, 1.165) is 83.1 Å². The van der Waals surface area contributed by atoms with Gasteiger partial charge in [-0.05, 0) is 82.4 Å². The van der Waals surface area contributed by atoms with Crippen LogP contribution < -0.4 is 5.32 Å². The average Bonchev–Trinajstić information content (AvgIpc) is 3.97. The van der Waals surface area contributed by atoms with Crippen LogP contribution >= 0.6 is 11.3 Å². The Kier molecular flexibility index (Phi) is 7.09. The molecule has 268 valence electrons. The highest BCUT2D eigenvalue weighted by Crippen LogP contribution is 2.41. The van der Waals surface area contributed by atoms with E-state index in [4.69, 9.17) is 18.8 Å². The molecule has 11 aromatic rings. The van der Waals surface area contributed by atoms with E-state index in [1.807, 2.05) is 47.7 Å². The van der Waals surface area contributed by atoms with Gasteiger partial charge >= 0.3 is 0 Å². The van der Waals surface area contributed by atoms with Gasteiger partial charge in [0.05, 0.1) is 5.56 Å². The monoisotopic (exact) mass is 749 g/mol. The van der Waals surface area contributed by atoms with Crippen LogP contribution in [0.3, 0.4) is 0 Å². The molecule has 5 nitrogen and oxygen atoms in total. The van der Waals surface area contributed by atoms with Crippen LogP contribution in [0.25, 0.3) is 86.3 Å². The minimum atomic E-state index is -0.494. The standard InChI is InChI=1S/C51H31N3O2S/c1-2-11-30(12-3-1)49-52-50(54-51(53-49)39-19-9-18-38-36-15-4-6-20-42(36)56-48(38)39)34-14-8-13-33(27-34)35-17-10-21-44-47(35)41-29-31(23-25-43(41)55-44)32-24-26-46-40(28-32)37-16-5-7-22-45(37)57-46/h1-29,50H,(H,52,53,54). The summed E-state index contributed by atoms with van der Waals surface area (Å²) in [4.78, 5) is 10.5. The normalized spacial score (nSPS) is 14.5. The fourth-order valence-corrected chi connectivity index (χ4v) is 9.52. The molecule has 0 bridgehead atoms. The number of para-hydroxylation sites is 2. The van der Waals surface area contributed by atoms with E-state index in [9.17, 15) is 0 Å². The van der Waals surface area contributed by atoms with Gasteiger partial charge in [0.2, 0.25) is 0 Å². The maximum absolute atomic E-state index is 6.49. The first-order chi connectivity index (χ1) is 28.2. The summed E-state index contributed by atoms with van der Waals surface area (Å²) in [6.07, 6.45) is -0.494. The van der Waals surface area contributed by atoms with Crippen LogP contribution in [0.1, 0.15) is 22.9 Å². The summed E-state index contributed by atoms with van der Waals surface area (Å²) in [6, 6.07) is 61.6. The summed E-state index contributed by atoms with van der Waals surface area (Å²) in [7, 11) is 0. The number of benzene rings is 8. The number of hydrogen-bond donors (Lipinski definition) is 1. The van der Waals surface area contributed by atoms with Crippen molar-refractivity contribution in [1.29, 1.82) is 0 Å². The van der Waals surface area contributed by atoms with E-state index in [1.54, 1.807) is 0 Å². The number of hydrogen-bond acceptors (Lipinski definition) is 6. The molecule has 6 heteroatoms. The Labute approximate surface area is 330 Å². The molecule has 0 saturated heterocycles. The average molecular weight is 750 g/mol. The van der Waals surface area contributed by atoms with Gasteiger partial charge in [0.15, 0.2) is 6.17 Å². The molecule has 3 aromatic heterocycles. The number of nitrogens with zero attached hydrogens (tertiary/aromatic N) is 2. The Bertz CT molecular complexity index is 3460. The van der Waals surface area contributed by atoms with E-state index < -0.39 is 6.17 Å². The van der Waals surface area contributed by atoms with Gasteiger partial charge in [0, 0.05) is 47.3 Å². The molecule has 12 rings (SSSR count). The van der Waals surface area contributed by atoms with Crippen LogP contribution in [0.15, 0.2) is 195 Å². The van der Waals surface area contributed by atoms with Crippen molar-refractivity contribution in [1.82, 2.24) is 5.32 Å². The molecule has 0 spiro atoms. The van der Waals surface area contributed by atoms with E-state index >= 15 is 0 Å². The Morgan fingerprint density at radius 2 is 1.09 bits per heavy atom. The second kappa shape index (κ2) is 12.6. The maximum Gasteiger partial charge on any atom is 0.169 e. The number of furan rings is 2. The van der Waals surface area contributed by atoms with E-state index in [0.29, 0.717) is 5.84 Å². The van der Waals surface area contributed by atoms with Crippen molar-refractivity contribution in [3.8, 4) is 22.3 Å². The number of nitrogens with one attached hydrogen (secondary N) is 1. The highest BCUT2D eigenvalue weighted by atomic mass is 32.1. The number of rotatable bonds is 5. The topological polar surface area (TPSA) is 63.0 Å². The lowest BCUT2D eigenvalue weighted by Gasteiger charge is -2.22. The molecule has 8 aromatic carbocycles. The first-order valence-corrected chi connectivity index (χ1v) is 19.9. The summed E-state index contributed by atoms with van der Waals surface area (Å²) >= 11 is 1.84. The minimum Gasteiger partial charge on any atom is -0.456 e. The Hall–Kier alpha value is -7.28. The van der Waals surface area contributed by atoms with Gasteiger partial charge in [0.1, 0.15) is 34.0 Å². The molecule has 0 saturated carbocycles. The smallest absolute Gasteiger partial charge is 0.169 e. The van der Waals surface area contributed by atoms with Gasteiger partial charge in [-0.25, -0.2) is 9.98 Å². The quantitative estimate of drug-likeness (QED) is 0.191. The molecule has 0 amide bonds. The van der Waals surface area contributed by atoms with Crippen LogP contribution in [-0.4, -0.2) is 11.7 Å². The molecule has 0 aliphatic carbocycles. The molecule has 57 heavy (non-hydrogen) atoms. The van der Waals surface area contributed by atoms with Crippen LogP contribution in [0, 0.1) is 0 Å². The summed E-state index contributed by atoms with van der Waals surface area (Å²) in [5.41, 5.74) is 10.7. The van der Waals surface area contributed by atoms with E-state index in [1.165, 1.54) is 25.7 Å². The van der Waals surface area contributed by atoms with Crippen LogP contribution in [0.5, 0.6) is 0 Å². The first-order valence-electron chi connectivity index (χ1n) is 19.1. The zero-order valence-corrected chi connectivity index (χ0v) is 31.3. The SMILES string of the molecule is c1ccc(C2=NC(c3cccc(-c4cccc5oc6ccc(-c7ccc8sc9ccccc9c8c7)cc6c45)c3)N=C(c3cccc4c3oc3ccccc34)N2)cc1. The molecule has 1 N–H and O–H groups in total. The minimum absolute atomic E-state index is 0.494. The molecule has 1 aliphatic rings. The predicted octanol–water partition coefficient (Wildman–Crippen LogP) is 13.7. The van der Waals surface area contributed by atoms with Crippen LogP contribution in [-0.2, 0) is 0 Å². The fraction of sp³-hybridized carbons (Fsp3) is 0.0196. The summed E-state index contributed by atoms with van der Waals surface area (Å²) in [6.45, 7) is 0. The number of aliphatic imine (C=N–C) groups is 2. The summed E-state index contributed by atoms with van der Waals surface area (Å²) < 4.78 is 15.6. The van der Waals surface area contributed by atoms with Crippen molar-refractivity contribution in [3.05, 3.63) is 193 Å². The van der Waals surface area contributed by atoms with Gasteiger partial charge in [0.25, 0.3) is 0 Å². The molecule has 1 aliphatic heterocycles. The van der Waals surface area contributed by atoms with Gasteiger partial charge in [-0.1, -0.05) is 121 Å². The molecule has 1 unspecified atom stereocenters. The highest BCUT2D eigenvalue weighted by Gasteiger charge is 2.24. The first kappa shape index (κ1) is 32.0. The lowest BCUT2D eigenvalue weighted by Crippen LogP contribution is -2.36. The lowest BCUT2D eigenvalue weighted by atomic mass is 9.95. The van der Waals surface area contributed by atoms with Crippen LogP contribution in [0.2, 0.25) is 0 Å². The molecular weight excluding hydrogens is 719 g/mol. The zero-order chi connectivity index (χ0) is 37.5. The summed E-state index contributed by atoms with van der Waals surface area (Å²) in [5, 5.41) is 10.5. The molecule has 4 heterocycles. The van der Waals surface area contributed by atoms with Crippen molar-refractivity contribution in [2.24, 2.45) is 9.98 Å². The molecule has 0 radical (unpaired) electrons. The third kappa shape index (κ3) is 5.22. The van der Waals surface area contributed by atoms with Gasteiger partial charge in [-0.2, -0.15) is 0 Å². The second-order valence-electron chi connectivity index (χ2n) is 14.5. The van der Waals surface area contributed by atoms with Crippen molar-refractivity contribution in [2.45, 2.75) is 6.17 Å². The molecule has 0 fully saturated rings. The van der Waals surface area contributed by atoms with Crippen LogP contribution in [0.4, 0.5) is 0 Å². The fourth-order valence-electron chi connectivity index (χ4n) is 8.43. The number of thiophene rings is 1. The van der Waals surface area contributed by atoms with Crippen molar-refractivity contribution >= 4 is 87.1 Å². The third-order valence-electron chi connectivity index (χ3n) is 11.1. The number of amidine groups is 2. The Balaban J connectivity index is 0.984. The van der Waals surface area contributed by atoms with E-state index in [-0.39, 0.29) is 0 Å². The summed E-state index contributed by atoms with van der Waals surface area (Å²) in [5.74, 6) is 1.47. The Morgan fingerprint density at radius 3 is 2.02 bits per heavy atom. The number of fused-ring (bicyclic) bond motifs is 9. The lowest BCUT2D eigenvalue weighted by molar-refractivity contribution is 0.667.